The molecular formula is C19H24O4. The first-order valence-corrected chi connectivity index (χ1v) is 7.74. The second-order valence-electron chi connectivity index (χ2n) is 6.34. The summed E-state index contributed by atoms with van der Waals surface area (Å²) in [4.78, 5) is 11.7. The van der Waals surface area contributed by atoms with Gasteiger partial charge in [0.25, 0.3) is 0 Å². The summed E-state index contributed by atoms with van der Waals surface area (Å²) in [5, 5.41) is 10.3. The monoisotopic (exact) mass is 316 g/mol. The Labute approximate surface area is 137 Å². The minimum absolute atomic E-state index is 0.0594. The molecule has 0 bridgehead atoms. The van der Waals surface area contributed by atoms with E-state index in [2.05, 4.69) is 19.9 Å². The molecule has 124 valence electrons. The molecule has 0 aliphatic carbocycles. The van der Waals surface area contributed by atoms with E-state index < -0.39 is 5.60 Å². The molecule has 1 aliphatic heterocycles. The Morgan fingerprint density at radius 1 is 1.39 bits per heavy atom. The second-order valence-corrected chi connectivity index (χ2v) is 6.34. The number of hydrogen-bond acceptors (Lipinski definition) is 4. The number of carbonyl (C=O) groups is 1. The molecule has 1 atom stereocenters. The SMILES string of the molecule is COc1cc(C(C)=O)c(O)c2c1OC(C)(CCC=C(C)C)C=C2. The van der Waals surface area contributed by atoms with Crippen LogP contribution in [0.15, 0.2) is 23.8 Å². The molecule has 1 aliphatic rings. The zero-order valence-corrected chi connectivity index (χ0v) is 14.4. The molecule has 23 heavy (non-hydrogen) atoms. The van der Waals surface area contributed by atoms with E-state index in [1.165, 1.54) is 25.7 Å². The Balaban J connectivity index is 2.40. The van der Waals surface area contributed by atoms with Crippen LogP contribution in [0.5, 0.6) is 17.2 Å². The van der Waals surface area contributed by atoms with Crippen LogP contribution in [-0.2, 0) is 0 Å². The largest absolute Gasteiger partial charge is 0.506 e. The highest BCUT2D eigenvalue weighted by Crippen LogP contribution is 2.46. The molecule has 0 radical (unpaired) electrons. The van der Waals surface area contributed by atoms with Crippen molar-refractivity contribution in [2.24, 2.45) is 0 Å². The summed E-state index contributed by atoms with van der Waals surface area (Å²) >= 11 is 0. The highest BCUT2D eigenvalue weighted by molar-refractivity contribution is 5.99. The van der Waals surface area contributed by atoms with Crippen molar-refractivity contribution in [2.75, 3.05) is 7.11 Å². The number of phenols is 1. The van der Waals surface area contributed by atoms with Crippen molar-refractivity contribution >= 4 is 11.9 Å². The van der Waals surface area contributed by atoms with E-state index in [0.717, 1.165) is 12.8 Å². The van der Waals surface area contributed by atoms with Crippen molar-refractivity contribution < 1.29 is 19.4 Å². The number of ketones is 1. The fourth-order valence-corrected chi connectivity index (χ4v) is 2.64. The molecule has 1 heterocycles. The highest BCUT2D eigenvalue weighted by Gasteiger charge is 2.31. The number of hydrogen-bond donors (Lipinski definition) is 1. The van der Waals surface area contributed by atoms with Crippen LogP contribution in [0.25, 0.3) is 6.08 Å². The van der Waals surface area contributed by atoms with Gasteiger partial charge in [-0.15, -0.1) is 0 Å². The lowest BCUT2D eigenvalue weighted by molar-refractivity contribution is 0.101. The van der Waals surface area contributed by atoms with Crippen molar-refractivity contribution in [3.8, 4) is 17.2 Å². The average molecular weight is 316 g/mol. The Morgan fingerprint density at radius 3 is 2.65 bits per heavy atom. The van der Waals surface area contributed by atoms with Crippen molar-refractivity contribution in [2.45, 2.75) is 46.1 Å². The number of carbonyl (C=O) groups excluding carboxylic acids is 1. The van der Waals surface area contributed by atoms with E-state index in [9.17, 15) is 9.90 Å². The molecular weight excluding hydrogens is 292 g/mol. The van der Waals surface area contributed by atoms with Crippen LogP contribution in [0.3, 0.4) is 0 Å². The molecule has 1 unspecified atom stereocenters. The number of fused-ring (bicyclic) bond motifs is 1. The van der Waals surface area contributed by atoms with Crippen LogP contribution in [0, 0.1) is 0 Å². The number of rotatable bonds is 5. The summed E-state index contributed by atoms with van der Waals surface area (Å²) in [6.07, 6.45) is 7.62. The Bertz CT molecular complexity index is 681. The van der Waals surface area contributed by atoms with E-state index >= 15 is 0 Å². The van der Waals surface area contributed by atoms with Gasteiger partial charge in [0.1, 0.15) is 11.4 Å². The average Bonchev–Trinajstić information content (AvgIpc) is 2.46. The standard InChI is InChI=1S/C19H24O4/c1-12(2)7-6-9-19(4)10-8-14-17(21)15(13(3)20)11-16(22-5)18(14)23-19/h7-8,10-11,21H,6,9H2,1-5H3. The van der Waals surface area contributed by atoms with Crippen LogP contribution in [0.1, 0.15) is 56.5 Å². The molecule has 2 rings (SSSR count). The topological polar surface area (TPSA) is 55.8 Å². The molecule has 4 nitrogen and oxygen atoms in total. The molecule has 0 spiro atoms. The number of allylic oxidation sites excluding steroid dienone is 2. The third-order valence-corrected chi connectivity index (χ3v) is 3.98. The first kappa shape index (κ1) is 17.1. The molecule has 1 aromatic rings. The number of Topliss-reactive ketones (excluding diaryl/α,β-unsaturated/α-hetero) is 1. The summed E-state index contributed by atoms with van der Waals surface area (Å²) in [5.41, 5.74) is 1.53. The fourth-order valence-electron chi connectivity index (χ4n) is 2.64. The van der Waals surface area contributed by atoms with Crippen molar-refractivity contribution in [1.82, 2.24) is 0 Å². The third-order valence-electron chi connectivity index (χ3n) is 3.98. The molecule has 0 amide bonds. The summed E-state index contributed by atoms with van der Waals surface area (Å²) in [6, 6.07) is 1.53. The maximum atomic E-state index is 11.7. The van der Waals surface area contributed by atoms with Crippen LogP contribution < -0.4 is 9.47 Å². The number of methoxy groups -OCH3 is 1. The van der Waals surface area contributed by atoms with Gasteiger partial charge in [-0.05, 0) is 58.8 Å². The maximum Gasteiger partial charge on any atom is 0.173 e. The minimum atomic E-state index is -0.476. The van der Waals surface area contributed by atoms with Crippen LogP contribution in [-0.4, -0.2) is 23.6 Å². The summed E-state index contributed by atoms with van der Waals surface area (Å²) < 4.78 is 11.5. The van der Waals surface area contributed by atoms with Gasteiger partial charge in [0, 0.05) is 0 Å². The van der Waals surface area contributed by atoms with Crippen LogP contribution in [0.4, 0.5) is 0 Å². The normalized spacial score (nSPS) is 18.8. The van der Waals surface area contributed by atoms with Gasteiger partial charge in [-0.2, -0.15) is 0 Å². The van der Waals surface area contributed by atoms with E-state index in [1.54, 1.807) is 0 Å². The second kappa shape index (κ2) is 6.49. The molecule has 0 saturated heterocycles. The van der Waals surface area contributed by atoms with Gasteiger partial charge in [-0.1, -0.05) is 11.6 Å². The zero-order chi connectivity index (χ0) is 17.2. The zero-order valence-electron chi connectivity index (χ0n) is 14.4. The van der Waals surface area contributed by atoms with Gasteiger partial charge in [0.05, 0.1) is 18.2 Å². The molecule has 1 aromatic carbocycles. The van der Waals surface area contributed by atoms with Gasteiger partial charge < -0.3 is 14.6 Å². The van der Waals surface area contributed by atoms with Gasteiger partial charge >= 0.3 is 0 Å². The lowest BCUT2D eigenvalue weighted by Crippen LogP contribution is -2.32. The fraction of sp³-hybridized carbons (Fsp3) is 0.421. The number of phenolic OH excluding ortho intramolecular Hbond substituents is 1. The van der Waals surface area contributed by atoms with Gasteiger partial charge in [-0.3, -0.25) is 4.79 Å². The number of benzene rings is 1. The molecule has 0 fully saturated rings. The van der Waals surface area contributed by atoms with Crippen molar-refractivity contribution in [1.29, 1.82) is 0 Å². The van der Waals surface area contributed by atoms with Gasteiger partial charge in [-0.25, -0.2) is 0 Å². The van der Waals surface area contributed by atoms with Crippen LogP contribution >= 0.6 is 0 Å². The Hall–Kier alpha value is -2.23. The number of ether oxygens (including phenoxy) is 2. The van der Waals surface area contributed by atoms with E-state index in [-0.39, 0.29) is 17.1 Å². The van der Waals surface area contributed by atoms with E-state index in [1.807, 2.05) is 19.1 Å². The van der Waals surface area contributed by atoms with Crippen molar-refractivity contribution in [3.63, 3.8) is 0 Å². The first-order chi connectivity index (χ1) is 10.8. The molecule has 0 saturated carbocycles. The van der Waals surface area contributed by atoms with Crippen molar-refractivity contribution in [3.05, 3.63) is 34.9 Å². The minimum Gasteiger partial charge on any atom is -0.506 e. The van der Waals surface area contributed by atoms with Crippen LogP contribution in [0.2, 0.25) is 0 Å². The maximum absolute atomic E-state index is 11.7. The highest BCUT2D eigenvalue weighted by atomic mass is 16.5. The number of aromatic hydroxyl groups is 1. The lowest BCUT2D eigenvalue weighted by atomic mass is 9.93. The predicted molar refractivity (Wildman–Crippen MR) is 91.4 cm³/mol. The molecule has 4 heteroatoms. The summed E-state index contributed by atoms with van der Waals surface area (Å²) in [6.45, 7) is 7.55. The third kappa shape index (κ3) is 3.58. The predicted octanol–water partition coefficient (Wildman–Crippen LogP) is 4.51. The first-order valence-electron chi connectivity index (χ1n) is 7.74. The van der Waals surface area contributed by atoms with E-state index in [0.29, 0.717) is 17.1 Å². The smallest absolute Gasteiger partial charge is 0.173 e. The molecule has 0 aromatic heterocycles. The Kier molecular flexibility index (Phi) is 4.83. The lowest BCUT2D eigenvalue weighted by Gasteiger charge is -2.33. The Morgan fingerprint density at radius 2 is 2.09 bits per heavy atom. The van der Waals surface area contributed by atoms with E-state index in [4.69, 9.17) is 9.47 Å². The molecule has 1 N–H and O–H groups in total. The quantitative estimate of drug-likeness (QED) is 0.641. The van der Waals surface area contributed by atoms with Gasteiger partial charge in [0.15, 0.2) is 17.3 Å². The summed E-state index contributed by atoms with van der Waals surface area (Å²) in [7, 11) is 1.53. The van der Waals surface area contributed by atoms with Gasteiger partial charge in [0.2, 0.25) is 0 Å². The summed E-state index contributed by atoms with van der Waals surface area (Å²) in [5.74, 6) is 0.669.